The SMILES string of the molecule is CNC(c1ccoc1)c1ccnc(C)c1. The summed E-state index contributed by atoms with van der Waals surface area (Å²) in [6, 6.07) is 6.23. The average molecular weight is 202 g/mol. The Morgan fingerprint density at radius 1 is 1.33 bits per heavy atom. The van der Waals surface area contributed by atoms with Crippen LogP contribution < -0.4 is 5.32 Å². The van der Waals surface area contributed by atoms with Gasteiger partial charge in [-0.05, 0) is 37.7 Å². The van der Waals surface area contributed by atoms with Crippen LogP contribution in [0.1, 0.15) is 22.9 Å². The second kappa shape index (κ2) is 4.28. The Kier molecular flexibility index (Phi) is 2.83. The minimum Gasteiger partial charge on any atom is -0.472 e. The van der Waals surface area contributed by atoms with Crippen molar-refractivity contribution in [3.63, 3.8) is 0 Å². The normalized spacial score (nSPS) is 12.7. The molecule has 0 radical (unpaired) electrons. The molecule has 2 aromatic rings. The quantitative estimate of drug-likeness (QED) is 0.829. The molecule has 2 heterocycles. The second-order valence-corrected chi connectivity index (χ2v) is 3.51. The molecular formula is C12H14N2O. The van der Waals surface area contributed by atoms with Crippen LogP contribution in [0.5, 0.6) is 0 Å². The van der Waals surface area contributed by atoms with Gasteiger partial charge in [-0.15, -0.1) is 0 Å². The zero-order valence-electron chi connectivity index (χ0n) is 8.90. The van der Waals surface area contributed by atoms with Crippen LogP contribution in [0.4, 0.5) is 0 Å². The lowest BCUT2D eigenvalue weighted by Crippen LogP contribution is -2.17. The highest BCUT2D eigenvalue weighted by Crippen LogP contribution is 2.21. The molecule has 3 heteroatoms. The summed E-state index contributed by atoms with van der Waals surface area (Å²) in [6.07, 6.45) is 5.28. The number of hydrogen-bond acceptors (Lipinski definition) is 3. The minimum atomic E-state index is 0.172. The summed E-state index contributed by atoms with van der Waals surface area (Å²) in [4.78, 5) is 4.19. The van der Waals surface area contributed by atoms with Gasteiger partial charge >= 0.3 is 0 Å². The number of nitrogens with one attached hydrogen (secondary N) is 1. The molecule has 0 aliphatic carbocycles. The highest BCUT2D eigenvalue weighted by atomic mass is 16.3. The maximum absolute atomic E-state index is 5.09. The maximum atomic E-state index is 5.09. The summed E-state index contributed by atoms with van der Waals surface area (Å²) in [6.45, 7) is 1.99. The van der Waals surface area contributed by atoms with E-state index >= 15 is 0 Å². The predicted molar refractivity (Wildman–Crippen MR) is 58.6 cm³/mol. The first-order chi connectivity index (χ1) is 7.31. The van der Waals surface area contributed by atoms with E-state index in [0.717, 1.165) is 11.3 Å². The predicted octanol–water partition coefficient (Wildman–Crippen LogP) is 2.29. The van der Waals surface area contributed by atoms with Gasteiger partial charge in [0.2, 0.25) is 0 Å². The van der Waals surface area contributed by atoms with E-state index in [1.54, 1.807) is 12.5 Å². The van der Waals surface area contributed by atoms with E-state index < -0.39 is 0 Å². The third-order valence-corrected chi connectivity index (χ3v) is 2.42. The first-order valence-electron chi connectivity index (χ1n) is 4.93. The molecule has 2 aromatic heterocycles. The molecule has 2 rings (SSSR count). The van der Waals surface area contributed by atoms with Crippen molar-refractivity contribution in [2.75, 3.05) is 7.05 Å². The Morgan fingerprint density at radius 3 is 2.80 bits per heavy atom. The van der Waals surface area contributed by atoms with Crippen LogP contribution in [0, 0.1) is 6.92 Å². The third-order valence-electron chi connectivity index (χ3n) is 2.42. The van der Waals surface area contributed by atoms with Crippen molar-refractivity contribution in [3.8, 4) is 0 Å². The lowest BCUT2D eigenvalue weighted by atomic mass is 10.0. The van der Waals surface area contributed by atoms with Crippen molar-refractivity contribution in [3.05, 3.63) is 53.7 Å². The molecule has 78 valence electrons. The van der Waals surface area contributed by atoms with Crippen LogP contribution in [0.25, 0.3) is 0 Å². The fourth-order valence-corrected chi connectivity index (χ4v) is 1.71. The summed E-state index contributed by atoms with van der Waals surface area (Å²) in [5.41, 5.74) is 3.35. The van der Waals surface area contributed by atoms with Crippen LogP contribution in [0.15, 0.2) is 41.3 Å². The molecule has 0 aliphatic rings. The van der Waals surface area contributed by atoms with Crippen molar-refractivity contribution in [2.45, 2.75) is 13.0 Å². The first-order valence-corrected chi connectivity index (χ1v) is 4.93. The molecule has 1 atom stereocenters. The second-order valence-electron chi connectivity index (χ2n) is 3.51. The fraction of sp³-hybridized carbons (Fsp3) is 0.250. The minimum absolute atomic E-state index is 0.172. The number of nitrogens with zero attached hydrogens (tertiary/aromatic N) is 1. The van der Waals surface area contributed by atoms with Crippen LogP contribution in [0.2, 0.25) is 0 Å². The molecule has 0 amide bonds. The van der Waals surface area contributed by atoms with Gasteiger partial charge in [0.25, 0.3) is 0 Å². The molecule has 0 fully saturated rings. The molecule has 0 saturated carbocycles. The summed E-state index contributed by atoms with van der Waals surface area (Å²) in [5.74, 6) is 0. The lowest BCUT2D eigenvalue weighted by Gasteiger charge is -2.14. The van der Waals surface area contributed by atoms with Gasteiger partial charge in [0.1, 0.15) is 0 Å². The molecule has 3 nitrogen and oxygen atoms in total. The van der Waals surface area contributed by atoms with Crippen LogP contribution >= 0.6 is 0 Å². The van der Waals surface area contributed by atoms with E-state index in [-0.39, 0.29) is 6.04 Å². The van der Waals surface area contributed by atoms with Crippen LogP contribution in [-0.2, 0) is 0 Å². The van der Waals surface area contributed by atoms with E-state index in [9.17, 15) is 0 Å². The van der Waals surface area contributed by atoms with E-state index in [0.29, 0.717) is 0 Å². The van der Waals surface area contributed by atoms with Gasteiger partial charge in [0, 0.05) is 17.5 Å². The van der Waals surface area contributed by atoms with Crippen LogP contribution in [0.3, 0.4) is 0 Å². The Labute approximate surface area is 89.1 Å². The molecular weight excluding hydrogens is 188 g/mol. The highest BCUT2D eigenvalue weighted by Gasteiger charge is 2.12. The van der Waals surface area contributed by atoms with Crippen molar-refractivity contribution < 1.29 is 4.42 Å². The van der Waals surface area contributed by atoms with Gasteiger partial charge in [-0.3, -0.25) is 4.98 Å². The van der Waals surface area contributed by atoms with Gasteiger partial charge < -0.3 is 9.73 Å². The van der Waals surface area contributed by atoms with Crippen molar-refractivity contribution in [1.29, 1.82) is 0 Å². The Balaban J connectivity index is 2.35. The molecule has 1 N–H and O–H groups in total. The number of rotatable bonds is 3. The summed E-state index contributed by atoms with van der Waals surface area (Å²) in [5, 5.41) is 3.26. The lowest BCUT2D eigenvalue weighted by molar-refractivity contribution is 0.557. The van der Waals surface area contributed by atoms with Gasteiger partial charge in [-0.1, -0.05) is 0 Å². The molecule has 0 aliphatic heterocycles. The molecule has 15 heavy (non-hydrogen) atoms. The van der Waals surface area contributed by atoms with Crippen LogP contribution in [-0.4, -0.2) is 12.0 Å². The number of aromatic nitrogens is 1. The molecule has 0 spiro atoms. The summed E-state index contributed by atoms with van der Waals surface area (Å²) in [7, 11) is 1.94. The Bertz CT molecular complexity index is 423. The smallest absolute Gasteiger partial charge is 0.0953 e. The standard InChI is InChI=1S/C12H14N2O/c1-9-7-10(3-5-14-9)12(13-2)11-4-6-15-8-11/h3-8,12-13H,1-2H3. The maximum Gasteiger partial charge on any atom is 0.0953 e. The average Bonchev–Trinajstić information content (AvgIpc) is 2.72. The van der Waals surface area contributed by atoms with Crippen molar-refractivity contribution >= 4 is 0 Å². The third kappa shape index (κ3) is 2.07. The summed E-state index contributed by atoms with van der Waals surface area (Å²) < 4.78 is 5.09. The largest absolute Gasteiger partial charge is 0.472 e. The zero-order chi connectivity index (χ0) is 10.7. The Hall–Kier alpha value is -1.61. The molecule has 0 bridgehead atoms. The van der Waals surface area contributed by atoms with Gasteiger partial charge in [0.15, 0.2) is 0 Å². The molecule has 1 unspecified atom stereocenters. The number of pyridine rings is 1. The zero-order valence-corrected chi connectivity index (χ0v) is 8.90. The van der Waals surface area contributed by atoms with E-state index in [2.05, 4.69) is 16.4 Å². The van der Waals surface area contributed by atoms with Gasteiger partial charge in [-0.25, -0.2) is 0 Å². The van der Waals surface area contributed by atoms with Crippen molar-refractivity contribution in [2.24, 2.45) is 0 Å². The van der Waals surface area contributed by atoms with Gasteiger partial charge in [0.05, 0.1) is 18.6 Å². The highest BCUT2D eigenvalue weighted by molar-refractivity contribution is 5.29. The van der Waals surface area contributed by atoms with Gasteiger partial charge in [-0.2, -0.15) is 0 Å². The van der Waals surface area contributed by atoms with Crippen molar-refractivity contribution in [1.82, 2.24) is 10.3 Å². The van der Waals surface area contributed by atoms with E-state index in [1.807, 2.05) is 32.3 Å². The molecule has 0 saturated heterocycles. The monoisotopic (exact) mass is 202 g/mol. The number of aryl methyl sites for hydroxylation is 1. The fourth-order valence-electron chi connectivity index (χ4n) is 1.71. The summed E-state index contributed by atoms with van der Waals surface area (Å²) >= 11 is 0. The first kappa shape index (κ1) is 9.93. The number of furan rings is 1. The topological polar surface area (TPSA) is 38.1 Å². The molecule has 0 aromatic carbocycles. The van der Waals surface area contributed by atoms with E-state index in [4.69, 9.17) is 4.42 Å². The van der Waals surface area contributed by atoms with E-state index in [1.165, 1.54) is 5.56 Å². The Morgan fingerprint density at radius 2 is 2.20 bits per heavy atom. The number of hydrogen-bond donors (Lipinski definition) is 1.